The standard InChI is InChI=1S/C11H19N3/c1-11(2,8-13-9-12-3)10-6-4-5-7-14-10/h4-7,12-13H,8-9H2,1-3H3. The van der Waals surface area contributed by atoms with Gasteiger partial charge in [0.05, 0.1) is 0 Å². The maximum atomic E-state index is 4.37. The summed E-state index contributed by atoms with van der Waals surface area (Å²) in [5.74, 6) is 0. The van der Waals surface area contributed by atoms with Gasteiger partial charge >= 0.3 is 0 Å². The van der Waals surface area contributed by atoms with Crippen LogP contribution in [0.15, 0.2) is 24.4 Å². The Morgan fingerprint density at radius 3 is 2.71 bits per heavy atom. The number of hydrogen-bond donors (Lipinski definition) is 2. The van der Waals surface area contributed by atoms with Crippen molar-refractivity contribution in [3.8, 4) is 0 Å². The first-order valence-corrected chi connectivity index (χ1v) is 4.93. The lowest BCUT2D eigenvalue weighted by Crippen LogP contribution is -2.37. The van der Waals surface area contributed by atoms with Crippen molar-refractivity contribution in [2.45, 2.75) is 19.3 Å². The minimum Gasteiger partial charge on any atom is -0.308 e. The van der Waals surface area contributed by atoms with Gasteiger partial charge in [0.1, 0.15) is 0 Å². The first-order chi connectivity index (χ1) is 6.67. The summed E-state index contributed by atoms with van der Waals surface area (Å²) >= 11 is 0. The highest BCUT2D eigenvalue weighted by Crippen LogP contribution is 2.18. The van der Waals surface area contributed by atoms with Crippen LogP contribution in [0, 0.1) is 0 Å². The van der Waals surface area contributed by atoms with E-state index < -0.39 is 0 Å². The quantitative estimate of drug-likeness (QED) is 0.543. The topological polar surface area (TPSA) is 37.0 Å². The van der Waals surface area contributed by atoms with Gasteiger partial charge in [-0.3, -0.25) is 4.98 Å². The van der Waals surface area contributed by atoms with Crippen LogP contribution >= 0.6 is 0 Å². The summed E-state index contributed by atoms with van der Waals surface area (Å²) in [6, 6.07) is 6.05. The van der Waals surface area contributed by atoms with Crippen molar-refractivity contribution in [2.24, 2.45) is 0 Å². The smallest absolute Gasteiger partial charge is 0.0472 e. The molecular formula is C11H19N3. The number of pyridine rings is 1. The molecule has 2 N–H and O–H groups in total. The molecule has 0 bridgehead atoms. The molecule has 1 aromatic rings. The van der Waals surface area contributed by atoms with Gasteiger partial charge in [-0.2, -0.15) is 0 Å². The van der Waals surface area contributed by atoms with E-state index in [9.17, 15) is 0 Å². The number of nitrogens with one attached hydrogen (secondary N) is 2. The largest absolute Gasteiger partial charge is 0.308 e. The van der Waals surface area contributed by atoms with Crippen molar-refractivity contribution >= 4 is 0 Å². The molecule has 14 heavy (non-hydrogen) atoms. The zero-order chi connectivity index (χ0) is 10.4. The summed E-state index contributed by atoms with van der Waals surface area (Å²) in [6.07, 6.45) is 1.84. The second-order valence-corrected chi connectivity index (χ2v) is 4.06. The van der Waals surface area contributed by atoms with Crippen LogP contribution in [0.2, 0.25) is 0 Å². The second-order valence-electron chi connectivity index (χ2n) is 4.06. The van der Waals surface area contributed by atoms with Gasteiger partial charge < -0.3 is 10.6 Å². The summed E-state index contributed by atoms with van der Waals surface area (Å²) in [6.45, 7) is 6.14. The summed E-state index contributed by atoms with van der Waals surface area (Å²) < 4.78 is 0. The van der Waals surface area contributed by atoms with Crippen molar-refractivity contribution in [1.29, 1.82) is 0 Å². The molecule has 1 aromatic heterocycles. The highest BCUT2D eigenvalue weighted by molar-refractivity contribution is 5.14. The third kappa shape index (κ3) is 3.09. The third-order valence-corrected chi connectivity index (χ3v) is 2.23. The van der Waals surface area contributed by atoms with E-state index in [-0.39, 0.29) is 5.41 Å². The van der Waals surface area contributed by atoms with Crippen LogP contribution in [0.3, 0.4) is 0 Å². The molecule has 0 atom stereocenters. The number of rotatable bonds is 5. The molecule has 3 nitrogen and oxygen atoms in total. The Hall–Kier alpha value is -0.930. The van der Waals surface area contributed by atoms with Crippen LogP contribution in [-0.2, 0) is 5.41 Å². The van der Waals surface area contributed by atoms with Gasteiger partial charge in [0.2, 0.25) is 0 Å². The lowest BCUT2D eigenvalue weighted by Gasteiger charge is -2.24. The molecule has 0 saturated carbocycles. The van der Waals surface area contributed by atoms with E-state index in [0.29, 0.717) is 0 Å². The predicted molar refractivity (Wildman–Crippen MR) is 59.2 cm³/mol. The molecule has 78 valence electrons. The van der Waals surface area contributed by atoms with Crippen molar-refractivity contribution in [3.05, 3.63) is 30.1 Å². The highest BCUT2D eigenvalue weighted by atomic mass is 15.0. The Morgan fingerprint density at radius 2 is 2.14 bits per heavy atom. The van der Waals surface area contributed by atoms with Gasteiger partial charge in [-0.1, -0.05) is 19.9 Å². The average Bonchev–Trinajstić information content (AvgIpc) is 2.19. The maximum Gasteiger partial charge on any atom is 0.0472 e. The van der Waals surface area contributed by atoms with E-state index in [2.05, 4.69) is 35.5 Å². The zero-order valence-corrected chi connectivity index (χ0v) is 9.17. The fraction of sp³-hybridized carbons (Fsp3) is 0.545. The van der Waals surface area contributed by atoms with Gasteiger partial charge in [0.25, 0.3) is 0 Å². The normalized spacial score (nSPS) is 11.6. The molecule has 0 aromatic carbocycles. The highest BCUT2D eigenvalue weighted by Gasteiger charge is 2.20. The van der Waals surface area contributed by atoms with E-state index in [0.717, 1.165) is 18.9 Å². The van der Waals surface area contributed by atoms with Crippen LogP contribution in [0.25, 0.3) is 0 Å². The van der Waals surface area contributed by atoms with Crippen LogP contribution < -0.4 is 10.6 Å². The fourth-order valence-electron chi connectivity index (χ4n) is 1.35. The number of nitrogens with zero attached hydrogens (tertiary/aromatic N) is 1. The molecule has 0 fully saturated rings. The van der Waals surface area contributed by atoms with Gasteiger partial charge in [-0.15, -0.1) is 0 Å². The van der Waals surface area contributed by atoms with E-state index in [1.54, 1.807) is 0 Å². The van der Waals surface area contributed by atoms with Crippen molar-refractivity contribution < 1.29 is 0 Å². The van der Waals surface area contributed by atoms with Crippen LogP contribution in [0.5, 0.6) is 0 Å². The Labute approximate surface area is 85.9 Å². The van der Waals surface area contributed by atoms with Gasteiger partial charge in [0.15, 0.2) is 0 Å². The number of hydrogen-bond acceptors (Lipinski definition) is 3. The average molecular weight is 193 g/mol. The minimum absolute atomic E-state index is 0.0815. The molecule has 0 radical (unpaired) electrons. The second kappa shape index (κ2) is 5.08. The molecule has 0 aliphatic heterocycles. The van der Waals surface area contributed by atoms with E-state index in [4.69, 9.17) is 0 Å². The molecule has 0 saturated heterocycles. The Kier molecular flexibility index (Phi) is 4.04. The summed E-state index contributed by atoms with van der Waals surface area (Å²) in [7, 11) is 1.93. The maximum absolute atomic E-state index is 4.37. The molecule has 1 rings (SSSR count). The van der Waals surface area contributed by atoms with Crippen molar-refractivity contribution in [3.63, 3.8) is 0 Å². The Morgan fingerprint density at radius 1 is 1.36 bits per heavy atom. The summed E-state index contributed by atoms with van der Waals surface area (Å²) in [4.78, 5) is 4.37. The molecular weight excluding hydrogens is 174 g/mol. The van der Waals surface area contributed by atoms with Gasteiger partial charge in [-0.25, -0.2) is 0 Å². The molecule has 0 aliphatic carbocycles. The molecule has 0 amide bonds. The summed E-state index contributed by atoms with van der Waals surface area (Å²) in [5.41, 5.74) is 1.21. The van der Waals surface area contributed by atoms with Crippen LogP contribution in [-0.4, -0.2) is 25.2 Å². The predicted octanol–water partition coefficient (Wildman–Crippen LogP) is 1.13. The van der Waals surface area contributed by atoms with Gasteiger partial charge in [0, 0.05) is 30.5 Å². The van der Waals surface area contributed by atoms with Crippen molar-refractivity contribution in [2.75, 3.05) is 20.3 Å². The molecule has 0 unspecified atom stereocenters. The van der Waals surface area contributed by atoms with E-state index in [1.807, 2.05) is 25.4 Å². The fourth-order valence-corrected chi connectivity index (χ4v) is 1.35. The third-order valence-electron chi connectivity index (χ3n) is 2.23. The molecule has 0 spiro atoms. The van der Waals surface area contributed by atoms with Crippen LogP contribution in [0.4, 0.5) is 0 Å². The lowest BCUT2D eigenvalue weighted by atomic mass is 9.89. The lowest BCUT2D eigenvalue weighted by molar-refractivity contribution is 0.450. The first kappa shape index (κ1) is 11.1. The van der Waals surface area contributed by atoms with Gasteiger partial charge in [-0.05, 0) is 19.2 Å². The van der Waals surface area contributed by atoms with Crippen molar-refractivity contribution in [1.82, 2.24) is 15.6 Å². The first-order valence-electron chi connectivity index (χ1n) is 4.93. The molecule has 3 heteroatoms. The Balaban J connectivity index is 2.56. The van der Waals surface area contributed by atoms with Crippen LogP contribution in [0.1, 0.15) is 19.5 Å². The minimum atomic E-state index is 0.0815. The monoisotopic (exact) mass is 193 g/mol. The number of aromatic nitrogens is 1. The zero-order valence-electron chi connectivity index (χ0n) is 9.17. The van der Waals surface area contributed by atoms with E-state index >= 15 is 0 Å². The Bertz CT molecular complexity index is 256. The van der Waals surface area contributed by atoms with E-state index in [1.165, 1.54) is 0 Å². The summed E-state index contributed by atoms with van der Waals surface area (Å²) in [5, 5.41) is 6.38. The molecule has 0 aliphatic rings. The SMILES string of the molecule is CNCNCC(C)(C)c1ccccn1. The molecule has 1 heterocycles.